The van der Waals surface area contributed by atoms with Crippen molar-refractivity contribution in [2.45, 2.75) is 13.5 Å². The zero-order valence-electron chi connectivity index (χ0n) is 11.0. The number of carbonyl (C=O) groups excluding carboxylic acids is 1. The first-order chi connectivity index (χ1) is 9.78. The Kier molecular flexibility index (Phi) is 3.16. The topological polar surface area (TPSA) is 67.9 Å². The van der Waals surface area contributed by atoms with Crippen molar-refractivity contribution in [1.82, 2.24) is 15.2 Å². The lowest BCUT2D eigenvalue weighted by Crippen LogP contribution is -2.01. The lowest BCUT2D eigenvalue weighted by molar-refractivity contribution is 0.111. The number of ether oxygens (including phenoxy) is 1. The quantitative estimate of drug-likeness (QED) is 0.738. The van der Waals surface area contributed by atoms with Crippen molar-refractivity contribution in [3.05, 3.63) is 53.5 Å². The monoisotopic (exact) mass is 267 g/mol. The molecule has 0 aliphatic rings. The van der Waals surface area contributed by atoms with E-state index in [1.165, 1.54) is 0 Å². The molecule has 100 valence electrons. The second-order valence-corrected chi connectivity index (χ2v) is 4.49. The van der Waals surface area contributed by atoms with Crippen LogP contribution in [0.4, 0.5) is 0 Å². The molecule has 0 atom stereocenters. The maximum atomic E-state index is 11.0. The van der Waals surface area contributed by atoms with Crippen LogP contribution in [0.5, 0.6) is 5.75 Å². The van der Waals surface area contributed by atoms with Crippen molar-refractivity contribution in [3.63, 3.8) is 0 Å². The fraction of sp³-hybridized carbons (Fsp3) is 0.133. The number of benzene rings is 1. The van der Waals surface area contributed by atoms with Crippen molar-refractivity contribution in [1.29, 1.82) is 0 Å². The maximum Gasteiger partial charge on any atom is 0.172 e. The highest BCUT2D eigenvalue weighted by Gasteiger charge is 2.07. The Morgan fingerprint density at radius 1 is 1.30 bits per heavy atom. The molecule has 0 amide bonds. The molecule has 2 aromatic heterocycles. The number of carbonyl (C=O) groups is 1. The summed E-state index contributed by atoms with van der Waals surface area (Å²) < 4.78 is 5.71. The first kappa shape index (κ1) is 12.3. The lowest BCUT2D eigenvalue weighted by atomic mass is 10.1. The third-order valence-electron chi connectivity index (χ3n) is 3.10. The van der Waals surface area contributed by atoms with Crippen molar-refractivity contribution in [2.75, 3.05) is 0 Å². The highest BCUT2D eigenvalue weighted by Crippen LogP contribution is 2.20. The maximum absolute atomic E-state index is 11.0. The molecule has 3 aromatic rings. The van der Waals surface area contributed by atoms with Crippen LogP contribution in [-0.2, 0) is 6.61 Å². The molecular formula is C15H13N3O2. The van der Waals surface area contributed by atoms with Crippen LogP contribution in [0.15, 0.2) is 36.5 Å². The van der Waals surface area contributed by atoms with E-state index in [4.69, 9.17) is 4.74 Å². The van der Waals surface area contributed by atoms with Gasteiger partial charge in [0.15, 0.2) is 6.29 Å². The molecule has 0 saturated heterocycles. The third-order valence-corrected chi connectivity index (χ3v) is 3.10. The molecule has 0 fully saturated rings. The van der Waals surface area contributed by atoms with E-state index in [0.29, 0.717) is 24.3 Å². The first-order valence-electron chi connectivity index (χ1n) is 6.24. The van der Waals surface area contributed by atoms with Gasteiger partial charge in [0.2, 0.25) is 0 Å². The Labute approximate surface area is 115 Å². The number of pyridine rings is 1. The summed E-state index contributed by atoms with van der Waals surface area (Å²) >= 11 is 0. The van der Waals surface area contributed by atoms with Crippen molar-refractivity contribution >= 4 is 17.2 Å². The number of aromatic amines is 1. The minimum atomic E-state index is 0.323. The summed E-state index contributed by atoms with van der Waals surface area (Å²) in [5.74, 6) is 0.492. The molecule has 0 spiro atoms. The number of nitrogens with one attached hydrogen (secondary N) is 1. The molecule has 0 aliphatic heterocycles. The normalized spacial score (nSPS) is 10.7. The average molecular weight is 267 g/mol. The number of rotatable bonds is 4. The number of hydrogen-bond acceptors (Lipinski definition) is 4. The number of H-pyrrole nitrogens is 1. The minimum absolute atomic E-state index is 0.323. The first-order valence-corrected chi connectivity index (χ1v) is 6.24. The molecule has 5 heteroatoms. The minimum Gasteiger partial charge on any atom is -0.486 e. The van der Waals surface area contributed by atoms with Gasteiger partial charge in [0.25, 0.3) is 0 Å². The van der Waals surface area contributed by atoms with Crippen molar-refractivity contribution in [3.8, 4) is 5.75 Å². The largest absolute Gasteiger partial charge is 0.486 e. The summed E-state index contributed by atoms with van der Waals surface area (Å²) in [5.41, 5.74) is 3.08. The van der Waals surface area contributed by atoms with E-state index in [-0.39, 0.29) is 0 Å². The van der Waals surface area contributed by atoms with Gasteiger partial charge in [-0.25, -0.2) is 4.98 Å². The van der Waals surface area contributed by atoms with Gasteiger partial charge in [0.05, 0.1) is 11.7 Å². The summed E-state index contributed by atoms with van der Waals surface area (Å²) in [6.45, 7) is 2.20. The number of aryl methyl sites for hydroxylation is 1. The van der Waals surface area contributed by atoms with Gasteiger partial charge in [-0.05, 0) is 25.1 Å². The highest BCUT2D eigenvalue weighted by atomic mass is 16.5. The molecule has 20 heavy (non-hydrogen) atoms. The number of hydrogen-bond donors (Lipinski definition) is 1. The molecular weight excluding hydrogens is 254 g/mol. The molecule has 0 radical (unpaired) electrons. The third kappa shape index (κ3) is 2.25. The van der Waals surface area contributed by atoms with E-state index in [1.54, 1.807) is 12.3 Å². The van der Waals surface area contributed by atoms with E-state index in [1.807, 2.05) is 31.2 Å². The fourth-order valence-electron chi connectivity index (χ4n) is 2.08. The van der Waals surface area contributed by atoms with Crippen LogP contribution in [0.3, 0.4) is 0 Å². The lowest BCUT2D eigenvalue weighted by Gasteiger charge is -2.09. The summed E-state index contributed by atoms with van der Waals surface area (Å²) in [5, 5.41) is 7.94. The van der Waals surface area contributed by atoms with Crippen LogP contribution in [0, 0.1) is 6.92 Å². The van der Waals surface area contributed by atoms with E-state index in [9.17, 15) is 4.79 Å². The summed E-state index contributed by atoms with van der Waals surface area (Å²) in [4.78, 5) is 15.1. The molecule has 0 aliphatic carbocycles. The van der Waals surface area contributed by atoms with Gasteiger partial charge in [-0.2, -0.15) is 5.10 Å². The standard InChI is InChI=1S/C15H13N3O2/c1-10-5-6-15(14(8-19)17-10)20-9-11-3-2-4-13-12(11)7-16-18-13/h2-8H,9H2,1H3,(H,16,18). The smallest absolute Gasteiger partial charge is 0.172 e. The number of aldehydes is 1. The van der Waals surface area contributed by atoms with Crippen molar-refractivity contribution < 1.29 is 9.53 Å². The molecule has 2 heterocycles. The average Bonchev–Trinajstić information content (AvgIpc) is 2.94. The highest BCUT2D eigenvalue weighted by molar-refractivity contribution is 5.81. The van der Waals surface area contributed by atoms with Gasteiger partial charge in [-0.15, -0.1) is 0 Å². The molecule has 1 aromatic carbocycles. The van der Waals surface area contributed by atoms with E-state index < -0.39 is 0 Å². The van der Waals surface area contributed by atoms with Gasteiger partial charge >= 0.3 is 0 Å². The van der Waals surface area contributed by atoms with Gasteiger partial charge in [0.1, 0.15) is 18.1 Å². The summed E-state index contributed by atoms with van der Waals surface area (Å²) in [7, 11) is 0. The van der Waals surface area contributed by atoms with Crippen LogP contribution < -0.4 is 4.74 Å². The fourth-order valence-corrected chi connectivity index (χ4v) is 2.08. The van der Waals surface area contributed by atoms with Crippen LogP contribution >= 0.6 is 0 Å². The van der Waals surface area contributed by atoms with Crippen LogP contribution in [-0.4, -0.2) is 21.5 Å². The molecule has 0 saturated carbocycles. The van der Waals surface area contributed by atoms with Crippen molar-refractivity contribution in [2.24, 2.45) is 0 Å². The van der Waals surface area contributed by atoms with Gasteiger partial charge in [0, 0.05) is 16.6 Å². The summed E-state index contributed by atoms with van der Waals surface area (Å²) in [6.07, 6.45) is 2.48. The Morgan fingerprint density at radius 2 is 2.20 bits per heavy atom. The Morgan fingerprint density at radius 3 is 3.05 bits per heavy atom. The Bertz CT molecular complexity index is 765. The summed E-state index contributed by atoms with van der Waals surface area (Å²) in [6, 6.07) is 9.45. The molecule has 5 nitrogen and oxygen atoms in total. The molecule has 1 N–H and O–H groups in total. The van der Waals surface area contributed by atoms with E-state index >= 15 is 0 Å². The number of fused-ring (bicyclic) bond motifs is 1. The van der Waals surface area contributed by atoms with Crippen LogP contribution in [0.1, 0.15) is 21.7 Å². The second-order valence-electron chi connectivity index (χ2n) is 4.49. The van der Waals surface area contributed by atoms with E-state index in [0.717, 1.165) is 22.2 Å². The predicted molar refractivity (Wildman–Crippen MR) is 74.8 cm³/mol. The van der Waals surface area contributed by atoms with Crippen LogP contribution in [0.25, 0.3) is 10.9 Å². The van der Waals surface area contributed by atoms with Gasteiger partial charge in [-0.3, -0.25) is 9.89 Å². The molecule has 0 bridgehead atoms. The Balaban J connectivity index is 1.86. The van der Waals surface area contributed by atoms with Gasteiger partial charge < -0.3 is 4.74 Å². The van der Waals surface area contributed by atoms with Crippen LogP contribution in [0.2, 0.25) is 0 Å². The second kappa shape index (κ2) is 5.13. The SMILES string of the molecule is Cc1ccc(OCc2cccc3[nH]ncc23)c(C=O)n1. The van der Waals surface area contributed by atoms with E-state index in [2.05, 4.69) is 15.2 Å². The number of aromatic nitrogens is 3. The predicted octanol–water partition coefficient (Wildman–Crippen LogP) is 2.66. The molecule has 0 unspecified atom stereocenters. The zero-order chi connectivity index (χ0) is 13.9. The Hall–Kier alpha value is -2.69. The molecule has 3 rings (SSSR count). The number of nitrogens with zero attached hydrogens (tertiary/aromatic N) is 2. The van der Waals surface area contributed by atoms with Gasteiger partial charge in [-0.1, -0.05) is 12.1 Å². The zero-order valence-corrected chi connectivity index (χ0v) is 11.0.